The molecule has 0 unspecified atom stereocenters. The molecule has 0 aromatic heterocycles. The SMILES string of the molecule is C#CC(C)(C)NS(=O)(=O)c1cc(N)c(C)cc1Cl. The highest BCUT2D eigenvalue weighted by molar-refractivity contribution is 7.89. The highest BCUT2D eigenvalue weighted by atomic mass is 35.5. The lowest BCUT2D eigenvalue weighted by Gasteiger charge is -2.20. The molecule has 6 heteroatoms. The van der Waals surface area contributed by atoms with Gasteiger partial charge in [0.1, 0.15) is 4.90 Å². The maximum Gasteiger partial charge on any atom is 0.243 e. The van der Waals surface area contributed by atoms with E-state index >= 15 is 0 Å². The third-order valence-electron chi connectivity index (χ3n) is 2.36. The Bertz CT molecular complexity index is 616. The molecule has 0 aliphatic rings. The molecule has 0 saturated heterocycles. The van der Waals surface area contributed by atoms with E-state index < -0.39 is 15.6 Å². The van der Waals surface area contributed by atoms with E-state index in [9.17, 15) is 8.42 Å². The van der Waals surface area contributed by atoms with Crippen molar-refractivity contribution in [2.45, 2.75) is 31.2 Å². The maximum atomic E-state index is 12.1. The summed E-state index contributed by atoms with van der Waals surface area (Å²) in [5.74, 6) is 2.35. The van der Waals surface area contributed by atoms with Gasteiger partial charge < -0.3 is 5.73 Å². The Morgan fingerprint density at radius 3 is 2.50 bits per heavy atom. The van der Waals surface area contributed by atoms with E-state index in [2.05, 4.69) is 10.6 Å². The van der Waals surface area contributed by atoms with Crippen molar-refractivity contribution in [2.24, 2.45) is 0 Å². The summed E-state index contributed by atoms with van der Waals surface area (Å²) in [6.45, 7) is 4.91. The minimum atomic E-state index is -3.80. The molecule has 98 valence electrons. The summed E-state index contributed by atoms with van der Waals surface area (Å²) in [5.41, 5.74) is 5.77. The average Bonchev–Trinajstić information content (AvgIpc) is 2.21. The highest BCUT2D eigenvalue weighted by Crippen LogP contribution is 2.27. The fourth-order valence-electron chi connectivity index (χ4n) is 1.29. The first-order chi connectivity index (χ1) is 8.09. The van der Waals surface area contributed by atoms with Crippen molar-refractivity contribution < 1.29 is 8.42 Å². The highest BCUT2D eigenvalue weighted by Gasteiger charge is 2.26. The van der Waals surface area contributed by atoms with Crippen LogP contribution in [0.5, 0.6) is 0 Å². The number of sulfonamides is 1. The summed E-state index contributed by atoms with van der Waals surface area (Å²) >= 11 is 5.93. The van der Waals surface area contributed by atoms with Crippen molar-refractivity contribution in [2.75, 3.05) is 5.73 Å². The Morgan fingerprint density at radius 2 is 2.00 bits per heavy atom. The molecule has 0 aliphatic heterocycles. The van der Waals surface area contributed by atoms with E-state index in [0.717, 1.165) is 5.56 Å². The van der Waals surface area contributed by atoms with E-state index in [1.807, 2.05) is 0 Å². The van der Waals surface area contributed by atoms with Crippen molar-refractivity contribution in [3.05, 3.63) is 22.7 Å². The zero-order chi connectivity index (χ0) is 14.1. The molecule has 0 aliphatic carbocycles. The largest absolute Gasteiger partial charge is 0.398 e. The number of benzene rings is 1. The quantitative estimate of drug-likeness (QED) is 0.659. The summed E-state index contributed by atoms with van der Waals surface area (Å²) in [6, 6.07) is 2.83. The topological polar surface area (TPSA) is 72.2 Å². The summed E-state index contributed by atoms with van der Waals surface area (Å²) in [5, 5.41) is 0.113. The number of nitrogens with one attached hydrogen (secondary N) is 1. The predicted molar refractivity (Wildman–Crippen MR) is 73.8 cm³/mol. The minimum absolute atomic E-state index is 0.0735. The Labute approximate surface area is 113 Å². The van der Waals surface area contributed by atoms with Crippen LogP contribution in [0, 0.1) is 19.3 Å². The third kappa shape index (κ3) is 3.16. The van der Waals surface area contributed by atoms with Crippen LogP contribution in [0.4, 0.5) is 5.69 Å². The third-order valence-corrected chi connectivity index (χ3v) is 4.48. The molecule has 0 atom stereocenters. The molecule has 1 aromatic rings. The second-order valence-corrected chi connectivity index (χ2v) is 6.57. The van der Waals surface area contributed by atoms with Gasteiger partial charge in [-0.1, -0.05) is 17.5 Å². The number of nitrogen functional groups attached to an aromatic ring is 1. The number of nitrogens with two attached hydrogens (primary N) is 1. The maximum absolute atomic E-state index is 12.1. The molecule has 1 aromatic carbocycles. The van der Waals surface area contributed by atoms with Crippen molar-refractivity contribution in [1.82, 2.24) is 4.72 Å². The summed E-state index contributed by atoms with van der Waals surface area (Å²) in [6.07, 6.45) is 5.25. The molecular formula is C12H15ClN2O2S. The Kier molecular flexibility index (Phi) is 3.96. The monoisotopic (exact) mass is 286 g/mol. The van der Waals surface area contributed by atoms with Gasteiger partial charge in [0.05, 0.1) is 10.6 Å². The van der Waals surface area contributed by atoms with Gasteiger partial charge in [0.2, 0.25) is 10.0 Å². The van der Waals surface area contributed by atoms with Gasteiger partial charge >= 0.3 is 0 Å². The zero-order valence-electron chi connectivity index (χ0n) is 10.4. The zero-order valence-corrected chi connectivity index (χ0v) is 12.0. The second kappa shape index (κ2) is 4.81. The van der Waals surface area contributed by atoms with Gasteiger partial charge in [-0.3, -0.25) is 0 Å². The lowest BCUT2D eigenvalue weighted by molar-refractivity contribution is 0.539. The fraction of sp³-hybridized carbons (Fsp3) is 0.333. The van der Waals surface area contributed by atoms with Gasteiger partial charge in [-0.25, -0.2) is 8.42 Å². The van der Waals surface area contributed by atoms with Crippen LogP contribution in [0.3, 0.4) is 0 Å². The van der Waals surface area contributed by atoms with Crippen molar-refractivity contribution >= 4 is 27.3 Å². The number of aryl methyl sites for hydroxylation is 1. The van der Waals surface area contributed by atoms with Crippen LogP contribution in [-0.2, 0) is 10.0 Å². The lowest BCUT2D eigenvalue weighted by Crippen LogP contribution is -2.42. The summed E-state index contributed by atoms with van der Waals surface area (Å²) < 4.78 is 26.7. The first-order valence-corrected chi connectivity index (χ1v) is 7.02. The average molecular weight is 287 g/mol. The van der Waals surface area contributed by atoms with E-state index in [1.54, 1.807) is 20.8 Å². The number of terminal acetylenes is 1. The van der Waals surface area contributed by atoms with Crippen molar-refractivity contribution in [1.29, 1.82) is 0 Å². The van der Waals surface area contributed by atoms with Gasteiger partial charge in [-0.15, -0.1) is 6.42 Å². The molecule has 0 amide bonds. The van der Waals surface area contributed by atoms with Crippen LogP contribution in [0.1, 0.15) is 19.4 Å². The first kappa shape index (κ1) is 14.8. The fourth-order valence-corrected chi connectivity index (χ4v) is 3.26. The van der Waals surface area contributed by atoms with Crippen molar-refractivity contribution in [3.63, 3.8) is 0 Å². The summed E-state index contributed by atoms with van der Waals surface area (Å²) in [4.78, 5) is -0.0735. The Morgan fingerprint density at radius 1 is 1.44 bits per heavy atom. The molecule has 4 nitrogen and oxygen atoms in total. The van der Waals surface area contributed by atoms with Crippen LogP contribution in [-0.4, -0.2) is 14.0 Å². The number of anilines is 1. The van der Waals surface area contributed by atoms with Crippen LogP contribution < -0.4 is 10.5 Å². The first-order valence-electron chi connectivity index (χ1n) is 5.16. The van der Waals surface area contributed by atoms with Gasteiger partial charge in [0, 0.05) is 5.69 Å². The van der Waals surface area contributed by atoms with Crippen molar-refractivity contribution in [3.8, 4) is 12.3 Å². The standard InChI is InChI=1S/C12H15ClN2O2S/c1-5-12(3,4)15-18(16,17)11-7-10(14)8(2)6-9(11)13/h1,6-7,15H,14H2,2-4H3. The molecule has 18 heavy (non-hydrogen) atoms. The van der Waals surface area contributed by atoms with E-state index in [4.69, 9.17) is 23.8 Å². The van der Waals surface area contributed by atoms with Crippen LogP contribution in [0.15, 0.2) is 17.0 Å². The number of halogens is 1. The molecule has 0 saturated carbocycles. The molecule has 0 fully saturated rings. The number of hydrogen-bond donors (Lipinski definition) is 2. The van der Waals surface area contributed by atoms with Gasteiger partial charge in [0.15, 0.2) is 0 Å². The van der Waals surface area contributed by atoms with Gasteiger partial charge in [-0.2, -0.15) is 4.72 Å². The smallest absolute Gasteiger partial charge is 0.243 e. The van der Waals surface area contributed by atoms with Crippen LogP contribution in [0.25, 0.3) is 0 Å². The molecular weight excluding hydrogens is 272 g/mol. The van der Waals surface area contributed by atoms with E-state index in [1.165, 1.54) is 12.1 Å². The number of rotatable bonds is 3. The molecule has 0 bridgehead atoms. The minimum Gasteiger partial charge on any atom is -0.398 e. The summed E-state index contributed by atoms with van der Waals surface area (Å²) in [7, 11) is -3.80. The Balaban J connectivity index is 3.31. The van der Waals surface area contributed by atoms with E-state index in [-0.39, 0.29) is 9.92 Å². The van der Waals surface area contributed by atoms with Gasteiger partial charge in [-0.05, 0) is 38.5 Å². The molecule has 3 N–H and O–H groups in total. The normalized spacial score (nSPS) is 12.2. The van der Waals surface area contributed by atoms with Crippen LogP contribution in [0.2, 0.25) is 5.02 Å². The molecule has 0 radical (unpaired) electrons. The lowest BCUT2D eigenvalue weighted by atomic mass is 10.1. The van der Waals surface area contributed by atoms with Crippen LogP contribution >= 0.6 is 11.6 Å². The van der Waals surface area contributed by atoms with Gasteiger partial charge in [0.25, 0.3) is 0 Å². The Hall–Kier alpha value is -1.22. The molecule has 1 rings (SSSR count). The molecule has 0 spiro atoms. The van der Waals surface area contributed by atoms with E-state index in [0.29, 0.717) is 5.69 Å². The molecule has 0 heterocycles. The number of hydrogen-bond acceptors (Lipinski definition) is 3. The second-order valence-electron chi connectivity index (χ2n) is 4.51. The predicted octanol–water partition coefficient (Wildman–Crippen LogP) is 1.92.